The Morgan fingerprint density at radius 3 is 3.00 bits per heavy atom. The first-order chi connectivity index (χ1) is 8.55. The van der Waals surface area contributed by atoms with Crippen LogP contribution in [0.2, 0.25) is 0 Å². The number of rotatable bonds is 3. The molecular formula is C13H22N4O. The molecule has 0 aromatic carbocycles. The molecule has 1 unspecified atom stereocenters. The van der Waals surface area contributed by atoms with Gasteiger partial charge in [0, 0.05) is 13.2 Å². The summed E-state index contributed by atoms with van der Waals surface area (Å²) in [5, 5.41) is 10.7. The van der Waals surface area contributed by atoms with Gasteiger partial charge in [0.1, 0.15) is 0 Å². The Labute approximate surface area is 108 Å². The largest absolute Gasteiger partial charge is 0.322 e. The van der Waals surface area contributed by atoms with Crippen LogP contribution in [0.25, 0.3) is 0 Å². The minimum absolute atomic E-state index is 0.0462. The fourth-order valence-corrected chi connectivity index (χ4v) is 2.41. The number of nitrogens with zero attached hydrogens (tertiary/aromatic N) is 2. The highest BCUT2D eigenvalue weighted by molar-refractivity contribution is 5.98. The van der Waals surface area contributed by atoms with Crippen molar-refractivity contribution in [1.29, 1.82) is 0 Å². The lowest BCUT2D eigenvalue weighted by molar-refractivity contribution is -0.122. The maximum atomic E-state index is 12.4. The van der Waals surface area contributed by atoms with Gasteiger partial charge in [0.2, 0.25) is 5.91 Å². The zero-order chi connectivity index (χ0) is 13.2. The lowest BCUT2D eigenvalue weighted by Crippen LogP contribution is -2.54. The summed E-state index contributed by atoms with van der Waals surface area (Å²) in [6.07, 6.45) is 5.82. The molecular weight excluding hydrogens is 228 g/mol. The molecule has 0 radical (unpaired) electrons. The van der Waals surface area contributed by atoms with E-state index in [1.54, 1.807) is 4.68 Å². The van der Waals surface area contributed by atoms with Gasteiger partial charge >= 0.3 is 0 Å². The van der Waals surface area contributed by atoms with Crippen molar-refractivity contribution in [2.75, 3.05) is 11.9 Å². The lowest BCUT2D eigenvalue weighted by atomic mass is 9.90. The molecule has 1 amide bonds. The summed E-state index contributed by atoms with van der Waals surface area (Å²) in [5.74, 6) is 0.0462. The van der Waals surface area contributed by atoms with Crippen LogP contribution in [0.1, 0.15) is 38.8 Å². The summed E-state index contributed by atoms with van der Waals surface area (Å²) >= 11 is 0. The van der Waals surface area contributed by atoms with Gasteiger partial charge in [0.25, 0.3) is 0 Å². The first-order valence-corrected chi connectivity index (χ1v) is 6.64. The minimum atomic E-state index is -0.445. The topological polar surface area (TPSA) is 59.0 Å². The number of aryl methyl sites for hydroxylation is 2. The standard InChI is InChI=1S/C13H22N4O/c1-4-10-11(9-17(3)16-10)15-12(18)13(2)7-5-6-8-14-13/h9,14H,4-8H2,1-3H3,(H,15,18). The van der Waals surface area contributed by atoms with Crippen LogP contribution >= 0.6 is 0 Å². The van der Waals surface area contributed by atoms with Crippen LogP contribution in [-0.4, -0.2) is 27.8 Å². The Morgan fingerprint density at radius 1 is 1.61 bits per heavy atom. The summed E-state index contributed by atoms with van der Waals surface area (Å²) in [7, 11) is 1.87. The number of piperidine rings is 1. The first kappa shape index (κ1) is 13.1. The second-order valence-corrected chi connectivity index (χ2v) is 5.19. The van der Waals surface area contributed by atoms with Crippen LogP contribution in [0.15, 0.2) is 6.20 Å². The van der Waals surface area contributed by atoms with Crippen LogP contribution < -0.4 is 10.6 Å². The molecule has 5 heteroatoms. The Morgan fingerprint density at radius 2 is 2.39 bits per heavy atom. The Balaban J connectivity index is 2.10. The molecule has 0 spiro atoms. The number of carbonyl (C=O) groups is 1. The second-order valence-electron chi connectivity index (χ2n) is 5.19. The number of hydrogen-bond acceptors (Lipinski definition) is 3. The summed E-state index contributed by atoms with van der Waals surface area (Å²) in [5.41, 5.74) is 1.32. The van der Waals surface area contributed by atoms with E-state index >= 15 is 0 Å². The molecule has 0 saturated carbocycles. The quantitative estimate of drug-likeness (QED) is 0.853. The minimum Gasteiger partial charge on any atom is -0.322 e. The smallest absolute Gasteiger partial charge is 0.244 e. The SMILES string of the molecule is CCc1nn(C)cc1NC(=O)C1(C)CCCCN1. The van der Waals surface area contributed by atoms with E-state index in [4.69, 9.17) is 0 Å². The molecule has 18 heavy (non-hydrogen) atoms. The molecule has 1 aromatic heterocycles. The van der Waals surface area contributed by atoms with Crippen molar-refractivity contribution in [3.63, 3.8) is 0 Å². The van der Waals surface area contributed by atoms with Crippen LogP contribution in [0.5, 0.6) is 0 Å². The Bertz CT molecular complexity index is 432. The average Bonchev–Trinajstić information content (AvgIpc) is 2.70. The number of hydrogen-bond donors (Lipinski definition) is 2. The highest BCUT2D eigenvalue weighted by atomic mass is 16.2. The fraction of sp³-hybridized carbons (Fsp3) is 0.692. The number of anilines is 1. The maximum Gasteiger partial charge on any atom is 0.244 e. The molecule has 1 saturated heterocycles. The number of nitrogens with one attached hydrogen (secondary N) is 2. The van der Waals surface area contributed by atoms with Crippen molar-refractivity contribution in [2.45, 2.75) is 45.1 Å². The molecule has 0 aliphatic carbocycles. The van der Waals surface area contributed by atoms with Crippen molar-refractivity contribution in [1.82, 2.24) is 15.1 Å². The number of amides is 1. The third-order valence-corrected chi connectivity index (χ3v) is 3.61. The highest BCUT2D eigenvalue weighted by Crippen LogP contribution is 2.22. The molecule has 0 bridgehead atoms. The van der Waals surface area contributed by atoms with Crippen molar-refractivity contribution in [3.05, 3.63) is 11.9 Å². The van der Waals surface area contributed by atoms with Gasteiger partial charge in [-0.05, 0) is 39.2 Å². The van der Waals surface area contributed by atoms with Gasteiger partial charge in [0.15, 0.2) is 0 Å². The van der Waals surface area contributed by atoms with Gasteiger partial charge in [-0.25, -0.2) is 0 Å². The normalized spacial score (nSPS) is 23.9. The number of carbonyl (C=O) groups excluding carboxylic acids is 1. The third-order valence-electron chi connectivity index (χ3n) is 3.61. The molecule has 1 aliphatic heterocycles. The maximum absolute atomic E-state index is 12.4. The number of aromatic nitrogens is 2. The zero-order valence-electron chi connectivity index (χ0n) is 11.4. The molecule has 2 N–H and O–H groups in total. The van der Waals surface area contributed by atoms with Crippen molar-refractivity contribution in [3.8, 4) is 0 Å². The van der Waals surface area contributed by atoms with Crippen LogP contribution in [0, 0.1) is 0 Å². The van der Waals surface area contributed by atoms with Gasteiger partial charge in [-0.2, -0.15) is 5.10 Å². The molecule has 1 fully saturated rings. The Kier molecular flexibility index (Phi) is 3.71. The molecule has 100 valence electrons. The van der Waals surface area contributed by atoms with Crippen LogP contribution in [0.3, 0.4) is 0 Å². The third kappa shape index (κ3) is 2.56. The highest BCUT2D eigenvalue weighted by Gasteiger charge is 2.34. The van der Waals surface area contributed by atoms with E-state index in [9.17, 15) is 4.79 Å². The van der Waals surface area contributed by atoms with Crippen molar-refractivity contribution >= 4 is 11.6 Å². The predicted molar refractivity (Wildman–Crippen MR) is 71.5 cm³/mol. The molecule has 2 rings (SSSR count). The summed E-state index contributed by atoms with van der Waals surface area (Å²) in [6, 6.07) is 0. The van der Waals surface area contributed by atoms with E-state index in [1.807, 2.05) is 27.1 Å². The molecule has 1 aliphatic rings. The van der Waals surface area contributed by atoms with Gasteiger partial charge in [-0.3, -0.25) is 9.48 Å². The average molecular weight is 250 g/mol. The van der Waals surface area contributed by atoms with Crippen LogP contribution in [0.4, 0.5) is 5.69 Å². The summed E-state index contributed by atoms with van der Waals surface area (Å²) in [4.78, 5) is 12.4. The molecule has 1 atom stereocenters. The molecule has 5 nitrogen and oxygen atoms in total. The summed E-state index contributed by atoms with van der Waals surface area (Å²) < 4.78 is 1.74. The predicted octanol–water partition coefficient (Wildman–Crippen LogP) is 1.45. The van der Waals surface area contributed by atoms with Crippen molar-refractivity contribution in [2.24, 2.45) is 7.05 Å². The summed E-state index contributed by atoms with van der Waals surface area (Å²) in [6.45, 7) is 4.93. The van der Waals surface area contributed by atoms with Crippen molar-refractivity contribution < 1.29 is 4.79 Å². The second kappa shape index (κ2) is 5.10. The van der Waals surface area contributed by atoms with E-state index in [0.717, 1.165) is 43.6 Å². The van der Waals surface area contributed by atoms with Gasteiger partial charge in [-0.15, -0.1) is 0 Å². The van der Waals surface area contributed by atoms with Crippen LogP contribution in [-0.2, 0) is 18.3 Å². The molecule has 1 aromatic rings. The molecule has 2 heterocycles. The van der Waals surface area contributed by atoms with E-state index < -0.39 is 5.54 Å². The Hall–Kier alpha value is -1.36. The van der Waals surface area contributed by atoms with E-state index in [1.165, 1.54) is 0 Å². The first-order valence-electron chi connectivity index (χ1n) is 6.64. The van der Waals surface area contributed by atoms with Gasteiger partial charge < -0.3 is 10.6 Å². The van der Waals surface area contributed by atoms with Gasteiger partial charge in [-0.1, -0.05) is 6.92 Å². The van der Waals surface area contributed by atoms with Gasteiger partial charge in [0.05, 0.1) is 16.9 Å². The fourth-order valence-electron chi connectivity index (χ4n) is 2.41. The lowest BCUT2D eigenvalue weighted by Gasteiger charge is -2.33. The monoisotopic (exact) mass is 250 g/mol. The van der Waals surface area contributed by atoms with E-state index in [2.05, 4.69) is 15.7 Å². The van der Waals surface area contributed by atoms with E-state index in [-0.39, 0.29) is 5.91 Å². The van der Waals surface area contributed by atoms with E-state index in [0.29, 0.717) is 0 Å². The zero-order valence-corrected chi connectivity index (χ0v) is 11.4.